The first-order valence-corrected chi connectivity index (χ1v) is 12.0. The Kier molecular flexibility index (Phi) is 7.09. The van der Waals surface area contributed by atoms with Gasteiger partial charge in [0.2, 0.25) is 0 Å². The molecule has 1 fully saturated rings. The number of hydrogen-bond acceptors (Lipinski definition) is 7. The van der Waals surface area contributed by atoms with Crippen LogP contribution in [0.5, 0.6) is 5.75 Å². The fourth-order valence-corrected chi connectivity index (χ4v) is 4.87. The third-order valence-corrected chi connectivity index (χ3v) is 6.48. The highest BCUT2D eigenvalue weighted by Gasteiger charge is 2.32. The average molecular weight is 495 g/mol. The largest absolute Gasteiger partial charge is 0.487 e. The van der Waals surface area contributed by atoms with E-state index in [-0.39, 0.29) is 17.3 Å². The topological polar surface area (TPSA) is 90.5 Å². The molecule has 0 bridgehead atoms. The van der Waals surface area contributed by atoms with Gasteiger partial charge in [-0.1, -0.05) is 49.1 Å². The highest BCUT2D eigenvalue weighted by Crippen LogP contribution is 2.37. The normalized spacial score (nSPS) is 14.8. The molecule has 0 atom stereocenters. The summed E-state index contributed by atoms with van der Waals surface area (Å²) in [7, 11) is 0. The molecule has 2 aromatic carbocycles. The van der Waals surface area contributed by atoms with Crippen LogP contribution in [0.25, 0.3) is 23.0 Å². The number of nitro benzene ring substituents is 1. The van der Waals surface area contributed by atoms with Crippen molar-refractivity contribution in [2.75, 3.05) is 13.2 Å². The number of para-hydroxylation sites is 1. The molecule has 8 nitrogen and oxygen atoms in total. The van der Waals surface area contributed by atoms with Crippen molar-refractivity contribution in [3.8, 4) is 22.7 Å². The summed E-state index contributed by atoms with van der Waals surface area (Å²) in [6.07, 6.45) is 4.35. The summed E-state index contributed by atoms with van der Waals surface area (Å²) in [5.74, 6) is 0.0497. The van der Waals surface area contributed by atoms with Gasteiger partial charge in [0.1, 0.15) is 10.0 Å². The predicted molar refractivity (Wildman–Crippen MR) is 137 cm³/mol. The monoisotopic (exact) mass is 494 g/mol. The number of rotatable bonds is 8. The fraction of sp³-hybridized carbons (Fsp3) is 0.208. The van der Waals surface area contributed by atoms with Gasteiger partial charge in [0.25, 0.3) is 5.91 Å². The molecule has 1 aliphatic heterocycles. The maximum atomic E-state index is 12.9. The summed E-state index contributed by atoms with van der Waals surface area (Å²) in [4.78, 5) is 26.2. The number of nitrogens with zero attached hydrogens (tertiary/aromatic N) is 4. The van der Waals surface area contributed by atoms with Crippen LogP contribution in [0.3, 0.4) is 0 Å². The van der Waals surface area contributed by atoms with Crippen molar-refractivity contribution in [2.24, 2.45) is 0 Å². The summed E-state index contributed by atoms with van der Waals surface area (Å²) >= 11 is 6.63. The summed E-state index contributed by atoms with van der Waals surface area (Å²) in [6.45, 7) is 4.63. The summed E-state index contributed by atoms with van der Waals surface area (Å²) in [5.41, 5.74) is 2.38. The van der Waals surface area contributed by atoms with Crippen LogP contribution < -0.4 is 4.74 Å². The van der Waals surface area contributed by atoms with Crippen molar-refractivity contribution in [1.29, 1.82) is 0 Å². The van der Waals surface area contributed by atoms with E-state index in [1.54, 1.807) is 40.9 Å². The van der Waals surface area contributed by atoms with Crippen LogP contribution in [-0.4, -0.2) is 43.0 Å². The van der Waals surface area contributed by atoms with Crippen LogP contribution in [0.15, 0.2) is 59.6 Å². The first-order chi connectivity index (χ1) is 16.4. The second kappa shape index (κ2) is 10.2. The molecule has 2 heterocycles. The lowest BCUT2D eigenvalue weighted by atomic mass is 10.1. The van der Waals surface area contributed by atoms with Gasteiger partial charge in [-0.2, -0.15) is 5.10 Å². The molecule has 1 amide bonds. The Morgan fingerprint density at radius 1 is 1.21 bits per heavy atom. The van der Waals surface area contributed by atoms with Crippen molar-refractivity contribution in [1.82, 2.24) is 14.7 Å². The van der Waals surface area contributed by atoms with Gasteiger partial charge in [0.05, 0.1) is 22.1 Å². The molecule has 0 aliphatic carbocycles. The van der Waals surface area contributed by atoms with Crippen molar-refractivity contribution in [2.45, 2.75) is 20.3 Å². The Morgan fingerprint density at radius 3 is 2.65 bits per heavy atom. The molecule has 0 saturated carbocycles. The summed E-state index contributed by atoms with van der Waals surface area (Å²) in [5, 5.41) is 16.4. The summed E-state index contributed by atoms with van der Waals surface area (Å²) < 4.78 is 7.63. The van der Waals surface area contributed by atoms with Crippen molar-refractivity contribution < 1.29 is 14.5 Å². The van der Waals surface area contributed by atoms with Gasteiger partial charge < -0.3 is 4.74 Å². The number of benzene rings is 2. The minimum absolute atomic E-state index is 0.145. The maximum Gasteiger partial charge on any atom is 0.311 e. The number of carbonyl (C=O) groups is 1. The quantitative estimate of drug-likeness (QED) is 0.178. The van der Waals surface area contributed by atoms with E-state index in [2.05, 4.69) is 0 Å². The maximum absolute atomic E-state index is 12.9. The van der Waals surface area contributed by atoms with E-state index >= 15 is 0 Å². The Bertz CT molecular complexity index is 1290. The van der Waals surface area contributed by atoms with Crippen LogP contribution in [0.2, 0.25) is 0 Å². The van der Waals surface area contributed by atoms with E-state index in [0.29, 0.717) is 39.2 Å². The van der Waals surface area contributed by atoms with Crippen molar-refractivity contribution in [3.05, 3.63) is 75.3 Å². The second-order valence-electron chi connectivity index (χ2n) is 7.42. The number of thiocarbonyl (C=S) groups is 1. The minimum atomic E-state index is -0.474. The average Bonchev–Trinajstić information content (AvgIpc) is 3.37. The Hall–Kier alpha value is -3.50. The number of amides is 1. The molecule has 0 N–H and O–H groups in total. The molecule has 3 aromatic rings. The number of aromatic nitrogens is 2. The molecule has 0 spiro atoms. The van der Waals surface area contributed by atoms with E-state index in [0.717, 1.165) is 12.1 Å². The lowest BCUT2D eigenvalue weighted by molar-refractivity contribution is -0.385. The van der Waals surface area contributed by atoms with Crippen molar-refractivity contribution in [3.63, 3.8) is 0 Å². The lowest BCUT2D eigenvalue weighted by Gasteiger charge is -2.11. The molecule has 1 aliphatic rings. The van der Waals surface area contributed by atoms with E-state index in [1.165, 1.54) is 17.8 Å². The van der Waals surface area contributed by atoms with Gasteiger partial charge in [-0.3, -0.25) is 19.8 Å². The molecular weight excluding hydrogens is 472 g/mol. The Labute approximate surface area is 206 Å². The number of nitro groups is 1. The van der Waals surface area contributed by atoms with E-state index in [1.807, 2.05) is 37.3 Å². The Balaban J connectivity index is 1.84. The third-order valence-electron chi connectivity index (χ3n) is 5.10. The smallest absolute Gasteiger partial charge is 0.311 e. The molecule has 4 rings (SSSR count). The zero-order valence-corrected chi connectivity index (χ0v) is 20.3. The van der Waals surface area contributed by atoms with E-state index in [4.69, 9.17) is 22.1 Å². The highest BCUT2D eigenvalue weighted by atomic mass is 32.2. The number of ether oxygens (including phenoxy) is 1. The SMILES string of the molecule is CCCN1C(=O)/C(=C/c2cn(-c3ccccc3)nc2-c2ccc(OCC)c([N+](=O)[O-])c2)SC1=S. The van der Waals surface area contributed by atoms with Crippen LogP contribution in [0.4, 0.5) is 5.69 Å². The summed E-state index contributed by atoms with van der Waals surface area (Å²) in [6, 6.07) is 14.3. The molecular formula is C24H22N4O4S2. The molecule has 174 valence electrons. The lowest BCUT2D eigenvalue weighted by Crippen LogP contribution is -2.28. The highest BCUT2D eigenvalue weighted by molar-refractivity contribution is 8.26. The molecule has 1 aromatic heterocycles. The van der Waals surface area contributed by atoms with Crippen molar-refractivity contribution >= 4 is 46.0 Å². The molecule has 0 radical (unpaired) electrons. The zero-order chi connectivity index (χ0) is 24.2. The fourth-order valence-electron chi connectivity index (χ4n) is 3.57. The standard InChI is InChI=1S/C24H22N4O4S2/c1-3-12-26-23(29)21(34-24(26)33)14-17-15-27(18-8-6-5-7-9-18)25-22(17)16-10-11-20(32-4-2)19(13-16)28(30)31/h5-11,13-15H,3-4,12H2,1-2H3/b21-14-. The van der Waals surface area contributed by atoms with E-state index < -0.39 is 4.92 Å². The van der Waals surface area contributed by atoms with Gasteiger partial charge in [-0.15, -0.1) is 0 Å². The molecule has 10 heteroatoms. The predicted octanol–water partition coefficient (Wildman–Crippen LogP) is 5.46. The van der Waals surface area contributed by atoms with Crippen LogP contribution in [0, 0.1) is 10.1 Å². The Morgan fingerprint density at radius 2 is 1.97 bits per heavy atom. The third kappa shape index (κ3) is 4.73. The van der Waals surface area contributed by atoms with Crippen LogP contribution in [-0.2, 0) is 4.79 Å². The van der Waals surface area contributed by atoms with Gasteiger partial charge in [-0.25, -0.2) is 4.68 Å². The van der Waals surface area contributed by atoms with Gasteiger partial charge >= 0.3 is 5.69 Å². The molecule has 0 unspecified atom stereocenters. The van der Waals surface area contributed by atoms with Gasteiger partial charge in [-0.05, 0) is 43.7 Å². The number of carbonyl (C=O) groups excluding carboxylic acids is 1. The van der Waals surface area contributed by atoms with Crippen LogP contribution >= 0.6 is 24.0 Å². The first kappa shape index (κ1) is 23.7. The second-order valence-corrected chi connectivity index (χ2v) is 9.09. The molecule has 1 saturated heterocycles. The van der Waals surface area contributed by atoms with Gasteiger partial charge in [0.15, 0.2) is 5.75 Å². The molecule has 34 heavy (non-hydrogen) atoms. The van der Waals surface area contributed by atoms with Gasteiger partial charge in [0, 0.05) is 29.9 Å². The number of thioether (sulfide) groups is 1. The minimum Gasteiger partial charge on any atom is -0.487 e. The first-order valence-electron chi connectivity index (χ1n) is 10.7. The number of hydrogen-bond donors (Lipinski definition) is 0. The van der Waals surface area contributed by atoms with E-state index in [9.17, 15) is 14.9 Å². The zero-order valence-electron chi connectivity index (χ0n) is 18.6. The van der Waals surface area contributed by atoms with Crippen LogP contribution in [0.1, 0.15) is 25.8 Å².